The fourth-order valence-electron chi connectivity index (χ4n) is 1.46. The fourth-order valence-corrected chi connectivity index (χ4v) is 1.46. The van der Waals surface area contributed by atoms with E-state index in [9.17, 15) is 4.79 Å². The van der Waals surface area contributed by atoms with Crippen molar-refractivity contribution in [3.63, 3.8) is 0 Å². The van der Waals surface area contributed by atoms with Crippen LogP contribution >= 0.6 is 0 Å². The van der Waals surface area contributed by atoms with Gasteiger partial charge in [0.2, 0.25) is 11.9 Å². The standard InChI is InChI=1S/C11H15N5O2/c1-3-18-7-5-9(17)13-11-15-14-10-12-8(2)4-6-16(10)11/h4,6H,3,5,7H2,1-2H3,(H,13,15,17). The summed E-state index contributed by atoms with van der Waals surface area (Å²) in [7, 11) is 0. The molecule has 7 nitrogen and oxygen atoms in total. The van der Waals surface area contributed by atoms with Gasteiger partial charge in [-0.05, 0) is 19.9 Å². The first-order valence-electron chi connectivity index (χ1n) is 5.76. The second-order valence-electron chi connectivity index (χ2n) is 3.76. The highest BCUT2D eigenvalue weighted by molar-refractivity contribution is 5.89. The first-order valence-corrected chi connectivity index (χ1v) is 5.76. The molecule has 2 rings (SSSR count). The van der Waals surface area contributed by atoms with Gasteiger partial charge in [0.15, 0.2) is 0 Å². The van der Waals surface area contributed by atoms with Crippen LogP contribution in [0.2, 0.25) is 0 Å². The molecule has 0 aliphatic heterocycles. The zero-order valence-corrected chi connectivity index (χ0v) is 10.4. The van der Waals surface area contributed by atoms with Crippen LogP contribution in [-0.4, -0.2) is 38.7 Å². The molecule has 2 aromatic rings. The van der Waals surface area contributed by atoms with Crippen molar-refractivity contribution in [2.75, 3.05) is 18.5 Å². The van der Waals surface area contributed by atoms with Gasteiger partial charge in [0, 0.05) is 18.5 Å². The minimum Gasteiger partial charge on any atom is -0.381 e. The van der Waals surface area contributed by atoms with Crippen LogP contribution in [0.3, 0.4) is 0 Å². The molecule has 0 bridgehead atoms. The van der Waals surface area contributed by atoms with Gasteiger partial charge in [-0.1, -0.05) is 0 Å². The van der Waals surface area contributed by atoms with E-state index in [4.69, 9.17) is 4.74 Å². The Morgan fingerprint density at radius 3 is 3.11 bits per heavy atom. The van der Waals surface area contributed by atoms with Crippen LogP contribution in [0.25, 0.3) is 5.78 Å². The number of hydrogen-bond donors (Lipinski definition) is 1. The number of anilines is 1. The van der Waals surface area contributed by atoms with Crippen molar-refractivity contribution in [2.24, 2.45) is 0 Å². The van der Waals surface area contributed by atoms with Gasteiger partial charge < -0.3 is 4.74 Å². The summed E-state index contributed by atoms with van der Waals surface area (Å²) in [5.41, 5.74) is 0.851. The van der Waals surface area contributed by atoms with E-state index in [0.717, 1.165) is 5.69 Å². The maximum atomic E-state index is 11.6. The molecule has 0 spiro atoms. The maximum Gasteiger partial charge on any atom is 0.256 e. The van der Waals surface area contributed by atoms with Gasteiger partial charge >= 0.3 is 0 Å². The molecule has 0 unspecified atom stereocenters. The van der Waals surface area contributed by atoms with Crippen molar-refractivity contribution in [2.45, 2.75) is 20.3 Å². The van der Waals surface area contributed by atoms with Gasteiger partial charge in [-0.3, -0.25) is 14.5 Å². The molecule has 2 aromatic heterocycles. The Labute approximate surface area is 104 Å². The number of aromatic nitrogens is 4. The van der Waals surface area contributed by atoms with Gasteiger partial charge in [0.1, 0.15) is 0 Å². The van der Waals surface area contributed by atoms with Crippen molar-refractivity contribution in [1.82, 2.24) is 19.6 Å². The molecule has 0 aliphatic carbocycles. The van der Waals surface area contributed by atoms with Crippen LogP contribution in [0.4, 0.5) is 5.95 Å². The highest BCUT2D eigenvalue weighted by atomic mass is 16.5. The number of fused-ring (bicyclic) bond motifs is 1. The zero-order valence-electron chi connectivity index (χ0n) is 10.4. The summed E-state index contributed by atoms with van der Waals surface area (Å²) in [4.78, 5) is 15.8. The monoisotopic (exact) mass is 249 g/mol. The number of nitrogens with zero attached hydrogens (tertiary/aromatic N) is 4. The summed E-state index contributed by atoms with van der Waals surface area (Å²) in [6.07, 6.45) is 2.07. The first kappa shape index (κ1) is 12.4. The Kier molecular flexibility index (Phi) is 3.83. The van der Waals surface area contributed by atoms with Gasteiger partial charge in [-0.25, -0.2) is 4.98 Å². The molecule has 96 valence electrons. The Balaban J connectivity index is 2.05. The third-order valence-electron chi connectivity index (χ3n) is 2.35. The predicted molar refractivity (Wildman–Crippen MR) is 65.3 cm³/mol. The summed E-state index contributed by atoms with van der Waals surface area (Å²) in [5.74, 6) is 0.687. The molecule has 1 amide bonds. The van der Waals surface area contributed by atoms with E-state index in [0.29, 0.717) is 31.4 Å². The molecule has 0 saturated carbocycles. The van der Waals surface area contributed by atoms with Crippen LogP contribution in [0.1, 0.15) is 19.0 Å². The molecule has 2 heterocycles. The number of carbonyl (C=O) groups excluding carboxylic acids is 1. The third-order valence-corrected chi connectivity index (χ3v) is 2.35. The highest BCUT2D eigenvalue weighted by Crippen LogP contribution is 2.07. The van der Waals surface area contributed by atoms with Crippen molar-refractivity contribution in [3.8, 4) is 0 Å². The second-order valence-corrected chi connectivity index (χ2v) is 3.76. The average Bonchev–Trinajstić information content (AvgIpc) is 2.72. The van der Waals surface area contributed by atoms with Crippen LogP contribution in [-0.2, 0) is 9.53 Å². The summed E-state index contributed by atoms with van der Waals surface area (Å²) in [5, 5.41) is 10.4. The lowest BCUT2D eigenvalue weighted by molar-refractivity contribution is -0.117. The van der Waals surface area contributed by atoms with Crippen LogP contribution < -0.4 is 5.32 Å². The van der Waals surface area contributed by atoms with Crippen LogP contribution in [0.15, 0.2) is 12.3 Å². The Hall–Kier alpha value is -2.02. The number of nitrogens with one attached hydrogen (secondary N) is 1. The summed E-state index contributed by atoms with van der Waals surface area (Å²) >= 11 is 0. The number of hydrogen-bond acceptors (Lipinski definition) is 5. The second kappa shape index (κ2) is 5.54. The zero-order chi connectivity index (χ0) is 13.0. The molecule has 0 aromatic carbocycles. The Morgan fingerprint density at radius 2 is 2.33 bits per heavy atom. The van der Waals surface area contributed by atoms with E-state index in [-0.39, 0.29) is 5.91 Å². The molecular formula is C11H15N5O2. The minimum absolute atomic E-state index is 0.154. The SMILES string of the molecule is CCOCCC(=O)Nc1nnc2nc(C)ccn12. The number of amides is 1. The lowest BCUT2D eigenvalue weighted by atomic mass is 10.4. The topological polar surface area (TPSA) is 81.4 Å². The molecule has 18 heavy (non-hydrogen) atoms. The molecule has 0 aliphatic rings. The molecule has 0 radical (unpaired) electrons. The van der Waals surface area contributed by atoms with E-state index >= 15 is 0 Å². The summed E-state index contributed by atoms with van der Waals surface area (Å²) < 4.78 is 6.74. The number of aryl methyl sites for hydroxylation is 1. The van der Waals surface area contributed by atoms with Gasteiger partial charge in [-0.2, -0.15) is 0 Å². The van der Waals surface area contributed by atoms with E-state index < -0.39 is 0 Å². The van der Waals surface area contributed by atoms with E-state index in [2.05, 4.69) is 20.5 Å². The minimum atomic E-state index is -0.154. The lowest BCUT2D eigenvalue weighted by Gasteiger charge is -2.03. The molecule has 0 fully saturated rings. The molecule has 1 N–H and O–H groups in total. The smallest absolute Gasteiger partial charge is 0.256 e. The normalized spacial score (nSPS) is 10.8. The predicted octanol–water partition coefficient (Wildman–Crippen LogP) is 0.798. The fraction of sp³-hybridized carbons (Fsp3) is 0.455. The number of ether oxygens (including phenoxy) is 1. The van der Waals surface area contributed by atoms with Crippen molar-refractivity contribution >= 4 is 17.6 Å². The Bertz CT molecular complexity index is 551. The van der Waals surface area contributed by atoms with Gasteiger partial charge in [0.05, 0.1) is 13.0 Å². The Morgan fingerprint density at radius 1 is 1.50 bits per heavy atom. The quantitative estimate of drug-likeness (QED) is 0.792. The van der Waals surface area contributed by atoms with Crippen LogP contribution in [0, 0.1) is 6.92 Å². The lowest BCUT2D eigenvalue weighted by Crippen LogP contribution is -2.16. The molecule has 0 atom stereocenters. The highest BCUT2D eigenvalue weighted by Gasteiger charge is 2.09. The molecular weight excluding hydrogens is 234 g/mol. The molecule has 0 saturated heterocycles. The third kappa shape index (κ3) is 2.80. The van der Waals surface area contributed by atoms with Crippen molar-refractivity contribution in [3.05, 3.63) is 18.0 Å². The average molecular weight is 249 g/mol. The maximum absolute atomic E-state index is 11.6. The van der Waals surface area contributed by atoms with Gasteiger partial charge in [-0.15, -0.1) is 10.2 Å². The van der Waals surface area contributed by atoms with Crippen molar-refractivity contribution in [1.29, 1.82) is 0 Å². The summed E-state index contributed by atoms with van der Waals surface area (Å²) in [6, 6.07) is 1.83. The van der Waals surface area contributed by atoms with Gasteiger partial charge in [0.25, 0.3) is 5.78 Å². The largest absolute Gasteiger partial charge is 0.381 e. The first-order chi connectivity index (χ1) is 8.70. The van der Waals surface area contributed by atoms with Crippen molar-refractivity contribution < 1.29 is 9.53 Å². The summed E-state index contributed by atoms with van der Waals surface area (Å²) in [6.45, 7) is 4.76. The number of rotatable bonds is 5. The molecule has 7 heteroatoms. The van der Waals surface area contributed by atoms with E-state index in [1.807, 2.05) is 19.9 Å². The van der Waals surface area contributed by atoms with E-state index in [1.165, 1.54) is 0 Å². The number of carbonyl (C=O) groups is 1. The van der Waals surface area contributed by atoms with E-state index in [1.54, 1.807) is 10.6 Å². The van der Waals surface area contributed by atoms with Crippen LogP contribution in [0.5, 0.6) is 0 Å².